The monoisotopic (exact) mass is 184 g/mol. The molecule has 0 fully saturated rings. The second-order valence-electron chi connectivity index (χ2n) is 2.39. The maximum atomic E-state index is 11.1. The number of Topliss-reactive ketones (excluding diaryl/α,β-unsaturated/α-hetero) is 1. The van der Waals surface area contributed by atoms with Crippen molar-refractivity contribution in [3.05, 3.63) is 28.5 Å². The van der Waals surface area contributed by atoms with E-state index >= 15 is 0 Å². The van der Waals surface area contributed by atoms with Gasteiger partial charge in [0, 0.05) is 11.3 Å². The fourth-order valence-corrected chi connectivity index (χ4v) is 1.12. The molecule has 0 amide bonds. The molecule has 0 bridgehead atoms. The standard InChI is InChI=1S/C8H9ClN2O/c1-5-6(7(12)4-10)2-3-8(9)11-5/h2-3H,4,10H2,1H3. The summed E-state index contributed by atoms with van der Waals surface area (Å²) in [6.07, 6.45) is 0. The minimum Gasteiger partial charge on any atom is -0.324 e. The van der Waals surface area contributed by atoms with Gasteiger partial charge in [-0.3, -0.25) is 4.79 Å². The Hall–Kier alpha value is -0.930. The molecule has 0 unspecified atom stereocenters. The maximum Gasteiger partial charge on any atom is 0.178 e. The minimum absolute atomic E-state index is 0.00412. The van der Waals surface area contributed by atoms with E-state index in [9.17, 15) is 4.79 Å². The van der Waals surface area contributed by atoms with E-state index in [4.69, 9.17) is 17.3 Å². The molecule has 0 atom stereocenters. The van der Waals surface area contributed by atoms with Crippen LogP contribution in [-0.4, -0.2) is 17.3 Å². The summed E-state index contributed by atoms with van der Waals surface area (Å²) in [5, 5.41) is 0.390. The van der Waals surface area contributed by atoms with Crippen LogP contribution in [0.15, 0.2) is 12.1 Å². The van der Waals surface area contributed by atoms with Crippen molar-refractivity contribution >= 4 is 17.4 Å². The molecular weight excluding hydrogens is 176 g/mol. The van der Waals surface area contributed by atoms with E-state index in [0.29, 0.717) is 16.4 Å². The van der Waals surface area contributed by atoms with Crippen molar-refractivity contribution in [2.75, 3.05) is 6.54 Å². The first-order chi connectivity index (χ1) is 5.65. The average Bonchev–Trinajstić information content (AvgIpc) is 2.03. The Balaban J connectivity index is 3.09. The van der Waals surface area contributed by atoms with Gasteiger partial charge in [0.1, 0.15) is 5.15 Å². The van der Waals surface area contributed by atoms with Gasteiger partial charge >= 0.3 is 0 Å². The summed E-state index contributed by atoms with van der Waals surface area (Å²) in [6.45, 7) is 1.74. The Morgan fingerprint density at radius 2 is 2.33 bits per heavy atom. The average molecular weight is 185 g/mol. The largest absolute Gasteiger partial charge is 0.324 e. The van der Waals surface area contributed by atoms with Crippen LogP contribution in [0, 0.1) is 6.92 Å². The van der Waals surface area contributed by atoms with E-state index in [2.05, 4.69) is 4.98 Å². The predicted octanol–water partition coefficient (Wildman–Crippen LogP) is 1.18. The second kappa shape index (κ2) is 3.65. The minimum atomic E-state index is -0.114. The van der Waals surface area contributed by atoms with Crippen LogP contribution in [0.25, 0.3) is 0 Å². The number of carbonyl (C=O) groups is 1. The molecule has 0 aliphatic heterocycles. The maximum absolute atomic E-state index is 11.1. The van der Waals surface area contributed by atoms with Gasteiger partial charge in [-0.15, -0.1) is 0 Å². The molecule has 0 aliphatic rings. The highest BCUT2D eigenvalue weighted by Gasteiger charge is 2.07. The van der Waals surface area contributed by atoms with E-state index in [1.54, 1.807) is 19.1 Å². The molecule has 1 heterocycles. The molecule has 12 heavy (non-hydrogen) atoms. The normalized spacial score (nSPS) is 9.92. The van der Waals surface area contributed by atoms with Crippen LogP contribution in [0.3, 0.4) is 0 Å². The number of halogens is 1. The Bertz CT molecular complexity index is 312. The van der Waals surface area contributed by atoms with E-state index in [1.165, 1.54) is 0 Å². The quantitative estimate of drug-likeness (QED) is 0.555. The predicted molar refractivity (Wildman–Crippen MR) is 47.4 cm³/mol. The van der Waals surface area contributed by atoms with Gasteiger partial charge in [0.15, 0.2) is 5.78 Å². The summed E-state index contributed by atoms with van der Waals surface area (Å²) in [4.78, 5) is 15.1. The number of rotatable bonds is 2. The lowest BCUT2D eigenvalue weighted by Crippen LogP contribution is -2.15. The third-order valence-electron chi connectivity index (χ3n) is 1.54. The summed E-state index contributed by atoms with van der Waals surface area (Å²) < 4.78 is 0. The first kappa shape index (κ1) is 9.16. The number of aromatic nitrogens is 1. The molecule has 1 aromatic rings. The second-order valence-corrected chi connectivity index (χ2v) is 2.78. The number of hydrogen-bond donors (Lipinski definition) is 1. The molecule has 3 nitrogen and oxygen atoms in total. The lowest BCUT2D eigenvalue weighted by Gasteiger charge is -2.01. The van der Waals surface area contributed by atoms with Crippen molar-refractivity contribution in [1.29, 1.82) is 0 Å². The number of carbonyl (C=O) groups excluding carboxylic acids is 1. The Morgan fingerprint density at radius 3 is 2.83 bits per heavy atom. The molecule has 1 rings (SSSR count). The summed E-state index contributed by atoms with van der Waals surface area (Å²) in [5.41, 5.74) is 6.37. The molecule has 0 saturated carbocycles. The van der Waals surface area contributed by atoms with Crippen LogP contribution in [-0.2, 0) is 0 Å². The fraction of sp³-hybridized carbons (Fsp3) is 0.250. The van der Waals surface area contributed by atoms with Gasteiger partial charge in [0.05, 0.1) is 6.54 Å². The zero-order valence-electron chi connectivity index (χ0n) is 6.67. The van der Waals surface area contributed by atoms with Crippen molar-refractivity contribution in [2.45, 2.75) is 6.92 Å². The van der Waals surface area contributed by atoms with E-state index in [1.807, 2.05) is 0 Å². The molecule has 64 valence electrons. The molecular formula is C8H9ClN2O. The van der Waals surface area contributed by atoms with E-state index in [0.717, 1.165) is 0 Å². The zero-order chi connectivity index (χ0) is 9.14. The van der Waals surface area contributed by atoms with Gasteiger partial charge < -0.3 is 5.73 Å². The van der Waals surface area contributed by atoms with Crippen LogP contribution >= 0.6 is 11.6 Å². The Kier molecular flexibility index (Phi) is 2.78. The van der Waals surface area contributed by atoms with E-state index in [-0.39, 0.29) is 12.3 Å². The van der Waals surface area contributed by atoms with Crippen molar-refractivity contribution in [3.8, 4) is 0 Å². The summed E-state index contributed by atoms with van der Waals surface area (Å²) in [5.74, 6) is -0.114. The SMILES string of the molecule is Cc1nc(Cl)ccc1C(=O)CN. The number of pyridine rings is 1. The van der Waals surface area contributed by atoms with Crippen LogP contribution < -0.4 is 5.73 Å². The molecule has 1 aromatic heterocycles. The van der Waals surface area contributed by atoms with Crippen molar-refractivity contribution < 1.29 is 4.79 Å². The molecule has 0 aliphatic carbocycles. The number of nitrogens with two attached hydrogens (primary N) is 1. The van der Waals surface area contributed by atoms with Crippen LogP contribution in [0.1, 0.15) is 16.1 Å². The van der Waals surface area contributed by atoms with Crippen LogP contribution in [0.4, 0.5) is 0 Å². The van der Waals surface area contributed by atoms with Crippen LogP contribution in [0.5, 0.6) is 0 Å². The summed E-state index contributed by atoms with van der Waals surface area (Å²) in [7, 11) is 0. The first-order valence-electron chi connectivity index (χ1n) is 3.51. The number of hydrogen-bond acceptors (Lipinski definition) is 3. The van der Waals surface area contributed by atoms with Gasteiger partial charge in [-0.2, -0.15) is 0 Å². The van der Waals surface area contributed by atoms with Gasteiger partial charge in [-0.25, -0.2) is 4.98 Å². The van der Waals surface area contributed by atoms with Gasteiger partial charge in [-0.05, 0) is 19.1 Å². The smallest absolute Gasteiger partial charge is 0.178 e. The van der Waals surface area contributed by atoms with Crippen LogP contribution in [0.2, 0.25) is 5.15 Å². The molecule has 0 saturated heterocycles. The van der Waals surface area contributed by atoms with Crippen molar-refractivity contribution in [1.82, 2.24) is 4.98 Å². The van der Waals surface area contributed by atoms with Crippen molar-refractivity contribution in [3.63, 3.8) is 0 Å². The molecule has 2 N–H and O–H groups in total. The lowest BCUT2D eigenvalue weighted by atomic mass is 10.1. The topological polar surface area (TPSA) is 56.0 Å². The fourth-order valence-electron chi connectivity index (χ4n) is 0.935. The zero-order valence-corrected chi connectivity index (χ0v) is 7.43. The Morgan fingerprint density at radius 1 is 1.67 bits per heavy atom. The number of ketones is 1. The van der Waals surface area contributed by atoms with E-state index < -0.39 is 0 Å². The first-order valence-corrected chi connectivity index (χ1v) is 3.89. The molecule has 4 heteroatoms. The molecule has 0 aromatic carbocycles. The highest BCUT2D eigenvalue weighted by atomic mass is 35.5. The van der Waals surface area contributed by atoms with Gasteiger partial charge in [0.2, 0.25) is 0 Å². The Labute approximate surface area is 75.6 Å². The molecule has 0 radical (unpaired) electrons. The lowest BCUT2D eigenvalue weighted by molar-refractivity contribution is 0.100. The molecule has 0 spiro atoms. The number of aryl methyl sites for hydroxylation is 1. The highest BCUT2D eigenvalue weighted by Crippen LogP contribution is 2.10. The van der Waals surface area contributed by atoms with Gasteiger partial charge in [-0.1, -0.05) is 11.6 Å². The third kappa shape index (κ3) is 1.81. The highest BCUT2D eigenvalue weighted by molar-refractivity contribution is 6.29. The number of nitrogens with zero attached hydrogens (tertiary/aromatic N) is 1. The summed E-state index contributed by atoms with van der Waals surface area (Å²) in [6, 6.07) is 3.22. The van der Waals surface area contributed by atoms with Crippen molar-refractivity contribution in [2.24, 2.45) is 5.73 Å². The van der Waals surface area contributed by atoms with Gasteiger partial charge in [0.25, 0.3) is 0 Å². The third-order valence-corrected chi connectivity index (χ3v) is 1.75. The summed E-state index contributed by atoms with van der Waals surface area (Å²) >= 11 is 5.61.